The highest BCUT2D eigenvalue weighted by molar-refractivity contribution is 9.10. The quantitative estimate of drug-likeness (QED) is 0.138. The maximum Gasteiger partial charge on any atom is 0.322 e. The third-order valence-corrected chi connectivity index (χ3v) is 7.77. The fraction of sp³-hybridized carbons (Fsp3) is 0.353. The minimum atomic E-state index is -0.287. The Balaban J connectivity index is 1.49. The second kappa shape index (κ2) is 16.1. The second-order valence-electron chi connectivity index (χ2n) is 10.4. The first kappa shape index (κ1) is 31.3. The summed E-state index contributed by atoms with van der Waals surface area (Å²) in [5.41, 5.74) is 2.98. The van der Waals surface area contributed by atoms with Gasteiger partial charge in [0, 0.05) is 54.6 Å². The van der Waals surface area contributed by atoms with Crippen LogP contribution < -0.4 is 5.32 Å². The minimum Gasteiger partial charge on any atom is -0.382 e. The van der Waals surface area contributed by atoms with Crippen LogP contribution in [0.3, 0.4) is 0 Å². The Bertz CT molecular complexity index is 1430. The van der Waals surface area contributed by atoms with Crippen molar-refractivity contribution in [2.75, 3.05) is 38.2 Å². The van der Waals surface area contributed by atoms with Gasteiger partial charge in [-0.3, -0.25) is 4.79 Å². The van der Waals surface area contributed by atoms with Crippen molar-refractivity contribution in [3.63, 3.8) is 0 Å². The van der Waals surface area contributed by atoms with E-state index >= 15 is 0 Å². The molecule has 0 aliphatic rings. The predicted molar refractivity (Wildman–Crippen MR) is 174 cm³/mol. The van der Waals surface area contributed by atoms with E-state index in [1.54, 1.807) is 4.90 Å². The van der Waals surface area contributed by atoms with Crippen molar-refractivity contribution >= 4 is 44.3 Å². The highest BCUT2D eigenvalue weighted by Crippen LogP contribution is 2.23. The van der Waals surface area contributed by atoms with E-state index < -0.39 is 0 Å². The molecule has 0 atom stereocenters. The van der Waals surface area contributed by atoms with Crippen LogP contribution in [0.1, 0.15) is 44.4 Å². The van der Waals surface area contributed by atoms with E-state index in [4.69, 9.17) is 4.74 Å². The Morgan fingerprint density at radius 1 is 0.881 bits per heavy atom. The van der Waals surface area contributed by atoms with E-state index in [-0.39, 0.29) is 18.5 Å². The van der Waals surface area contributed by atoms with Crippen molar-refractivity contribution in [2.24, 2.45) is 0 Å². The van der Waals surface area contributed by atoms with Crippen LogP contribution in [-0.4, -0.2) is 59.2 Å². The van der Waals surface area contributed by atoms with Crippen molar-refractivity contribution in [3.05, 3.63) is 101 Å². The average molecular weight is 634 g/mol. The molecule has 3 aromatic carbocycles. The number of ether oxygens (including phenoxy) is 1. The lowest BCUT2D eigenvalue weighted by Gasteiger charge is -2.28. The summed E-state index contributed by atoms with van der Waals surface area (Å²) in [7, 11) is 0. The smallest absolute Gasteiger partial charge is 0.322 e. The van der Waals surface area contributed by atoms with Crippen LogP contribution in [0, 0.1) is 0 Å². The molecule has 0 saturated heterocycles. The molecule has 1 N–H and O–H groups in total. The predicted octanol–water partition coefficient (Wildman–Crippen LogP) is 7.54. The lowest BCUT2D eigenvalue weighted by Crippen LogP contribution is -2.45. The summed E-state index contributed by atoms with van der Waals surface area (Å²) in [4.78, 5) is 30.9. The van der Waals surface area contributed by atoms with Crippen LogP contribution in [0.2, 0.25) is 0 Å². The number of hydrogen-bond donors (Lipinski definition) is 1. The Morgan fingerprint density at radius 3 is 2.43 bits per heavy atom. The maximum absolute atomic E-state index is 13.8. The van der Waals surface area contributed by atoms with Crippen molar-refractivity contribution in [1.29, 1.82) is 0 Å². The number of aromatic nitrogens is 1. The molecule has 0 spiro atoms. The highest BCUT2D eigenvalue weighted by Gasteiger charge is 2.22. The van der Waals surface area contributed by atoms with E-state index in [0.717, 1.165) is 46.0 Å². The standard InChI is InChI=1S/C34H41BrN4O3/c1-3-5-20-38(25-30-13-9-21-37(30)24-27-16-18-29(35)19-17-27)33(40)26-39(22-10-23-42-4-2)34(41)36-32-15-8-12-28-11-6-7-14-31(28)32/h6-9,11-19,21H,3-5,10,20,22-26H2,1-2H3,(H,36,41). The fourth-order valence-corrected chi connectivity index (χ4v) is 5.18. The Hall–Kier alpha value is -3.62. The van der Waals surface area contributed by atoms with E-state index in [0.29, 0.717) is 39.3 Å². The number of nitrogens with zero attached hydrogens (tertiary/aromatic N) is 3. The molecule has 0 aliphatic carbocycles. The van der Waals surface area contributed by atoms with Crippen molar-refractivity contribution in [2.45, 2.75) is 46.2 Å². The molecule has 0 unspecified atom stereocenters. The summed E-state index contributed by atoms with van der Waals surface area (Å²) in [6.45, 7) is 7.49. The van der Waals surface area contributed by atoms with E-state index in [2.05, 4.69) is 57.1 Å². The molecular weight excluding hydrogens is 592 g/mol. The number of carbonyl (C=O) groups excluding carboxylic acids is 2. The zero-order valence-electron chi connectivity index (χ0n) is 24.6. The lowest BCUT2D eigenvalue weighted by atomic mass is 10.1. The van der Waals surface area contributed by atoms with Gasteiger partial charge >= 0.3 is 6.03 Å². The first-order valence-electron chi connectivity index (χ1n) is 14.8. The molecule has 7 nitrogen and oxygen atoms in total. The van der Waals surface area contributed by atoms with Gasteiger partial charge in [0.1, 0.15) is 6.54 Å². The third-order valence-electron chi connectivity index (χ3n) is 7.24. The SMILES string of the molecule is CCCCN(Cc1cccn1Cc1ccc(Br)cc1)C(=O)CN(CCCOCC)C(=O)Nc1cccc2ccccc12. The number of hydrogen-bond acceptors (Lipinski definition) is 3. The van der Waals surface area contributed by atoms with Crippen molar-refractivity contribution in [1.82, 2.24) is 14.4 Å². The van der Waals surface area contributed by atoms with Gasteiger partial charge in [0.15, 0.2) is 0 Å². The van der Waals surface area contributed by atoms with Gasteiger partial charge < -0.3 is 24.4 Å². The molecule has 42 heavy (non-hydrogen) atoms. The number of urea groups is 1. The first-order chi connectivity index (χ1) is 20.5. The Labute approximate surface area is 257 Å². The maximum atomic E-state index is 13.8. The van der Waals surface area contributed by atoms with Gasteiger partial charge in [-0.25, -0.2) is 4.79 Å². The summed E-state index contributed by atoms with van der Waals surface area (Å²) < 4.78 is 8.75. The van der Waals surface area contributed by atoms with Gasteiger partial charge in [-0.1, -0.05) is 77.8 Å². The number of carbonyl (C=O) groups is 2. The van der Waals surface area contributed by atoms with Gasteiger partial charge in [-0.15, -0.1) is 0 Å². The average Bonchev–Trinajstić information content (AvgIpc) is 3.44. The molecule has 0 aliphatic heterocycles. The zero-order valence-corrected chi connectivity index (χ0v) is 26.2. The lowest BCUT2D eigenvalue weighted by molar-refractivity contribution is -0.132. The Kier molecular flexibility index (Phi) is 12.0. The monoisotopic (exact) mass is 632 g/mol. The summed E-state index contributed by atoms with van der Waals surface area (Å²) in [6.07, 6.45) is 4.57. The van der Waals surface area contributed by atoms with Crippen LogP contribution in [0.15, 0.2) is 89.5 Å². The van der Waals surface area contributed by atoms with E-state index in [1.165, 1.54) is 5.56 Å². The Morgan fingerprint density at radius 2 is 1.64 bits per heavy atom. The third kappa shape index (κ3) is 8.94. The molecule has 4 rings (SSSR count). The van der Waals surface area contributed by atoms with Crippen molar-refractivity contribution < 1.29 is 14.3 Å². The number of halogens is 1. The molecular formula is C34H41BrN4O3. The fourth-order valence-electron chi connectivity index (χ4n) is 4.92. The number of amides is 3. The number of fused-ring (bicyclic) bond motifs is 1. The summed E-state index contributed by atoms with van der Waals surface area (Å²) in [5, 5.41) is 5.08. The molecule has 222 valence electrons. The number of rotatable bonds is 15. The van der Waals surface area contributed by atoms with Crippen LogP contribution in [-0.2, 0) is 22.6 Å². The molecule has 0 fully saturated rings. The van der Waals surface area contributed by atoms with Crippen LogP contribution in [0.5, 0.6) is 0 Å². The molecule has 3 amide bonds. The molecule has 0 radical (unpaired) electrons. The molecule has 1 aromatic heterocycles. The molecule has 4 aromatic rings. The van der Waals surface area contributed by atoms with Gasteiger partial charge in [-0.2, -0.15) is 0 Å². The molecule has 0 bridgehead atoms. The highest BCUT2D eigenvalue weighted by atomic mass is 79.9. The molecule has 1 heterocycles. The van der Waals surface area contributed by atoms with Crippen LogP contribution >= 0.6 is 15.9 Å². The summed E-state index contributed by atoms with van der Waals surface area (Å²) >= 11 is 3.50. The normalized spacial score (nSPS) is 11.0. The topological polar surface area (TPSA) is 66.8 Å². The summed E-state index contributed by atoms with van der Waals surface area (Å²) in [5.74, 6) is -0.0654. The number of benzene rings is 3. The molecule has 8 heteroatoms. The second-order valence-corrected chi connectivity index (χ2v) is 11.3. The zero-order chi connectivity index (χ0) is 29.7. The van der Waals surface area contributed by atoms with Crippen LogP contribution in [0.4, 0.5) is 10.5 Å². The molecule has 0 saturated carbocycles. The van der Waals surface area contributed by atoms with Crippen LogP contribution in [0.25, 0.3) is 10.8 Å². The van der Waals surface area contributed by atoms with Gasteiger partial charge in [0.2, 0.25) is 5.91 Å². The minimum absolute atomic E-state index is 0.000139. The first-order valence-corrected chi connectivity index (χ1v) is 15.6. The number of anilines is 1. The largest absolute Gasteiger partial charge is 0.382 e. The van der Waals surface area contributed by atoms with Crippen molar-refractivity contribution in [3.8, 4) is 0 Å². The number of unbranched alkanes of at least 4 members (excludes halogenated alkanes) is 1. The van der Waals surface area contributed by atoms with Gasteiger partial charge in [-0.05, 0) is 61.0 Å². The van der Waals surface area contributed by atoms with Gasteiger partial charge in [0.25, 0.3) is 0 Å². The van der Waals surface area contributed by atoms with E-state index in [1.807, 2.05) is 72.5 Å². The number of nitrogens with one attached hydrogen (secondary N) is 1. The van der Waals surface area contributed by atoms with Gasteiger partial charge in [0.05, 0.1) is 12.2 Å². The summed E-state index contributed by atoms with van der Waals surface area (Å²) in [6, 6.07) is 25.9. The van der Waals surface area contributed by atoms with E-state index in [9.17, 15) is 9.59 Å².